The van der Waals surface area contributed by atoms with Crippen LogP contribution in [-0.2, 0) is 5.41 Å². The molecule has 2 aliphatic carbocycles. The predicted octanol–water partition coefficient (Wildman–Crippen LogP) is 14.7. The van der Waals surface area contributed by atoms with Gasteiger partial charge in [-0.15, -0.1) is 0 Å². The SMILES string of the molecule is c1ccc(-c2nc(-c3cccc4oc5ccccc5c34)nc(-c3cccc4oc5ccc(-c6ccc7c(c6)C6(c8ccccc8-c8ccccc86)c6ccccc6-7)cc5c34)n2)cc1. The van der Waals surface area contributed by atoms with Crippen LogP contribution in [0.3, 0.4) is 0 Å². The molecule has 0 bridgehead atoms. The first-order valence-electron chi connectivity index (χ1n) is 21.3. The smallest absolute Gasteiger partial charge is 0.164 e. The highest BCUT2D eigenvalue weighted by Gasteiger charge is 2.51. The van der Waals surface area contributed by atoms with Crippen LogP contribution >= 0.6 is 0 Å². The Hall–Kier alpha value is -8.41. The van der Waals surface area contributed by atoms with Gasteiger partial charge in [0.2, 0.25) is 0 Å². The minimum atomic E-state index is -0.422. The van der Waals surface area contributed by atoms with Gasteiger partial charge in [0.1, 0.15) is 22.3 Å². The molecule has 0 saturated heterocycles. The Balaban J connectivity index is 0.975. The third-order valence-electron chi connectivity index (χ3n) is 13.4. The number of hydrogen-bond donors (Lipinski definition) is 0. The van der Waals surface area contributed by atoms with E-state index in [4.69, 9.17) is 23.8 Å². The molecular weight excluding hydrogens is 771 g/mol. The number of benzene rings is 9. The van der Waals surface area contributed by atoms with Gasteiger partial charge in [0.25, 0.3) is 0 Å². The Morgan fingerprint density at radius 2 is 0.746 bits per heavy atom. The summed E-state index contributed by atoms with van der Waals surface area (Å²) in [5, 5.41) is 3.95. The number of rotatable bonds is 4. The average molecular weight is 804 g/mol. The Morgan fingerprint density at radius 3 is 1.40 bits per heavy atom. The topological polar surface area (TPSA) is 65.0 Å². The van der Waals surface area contributed by atoms with Crippen LogP contribution in [-0.4, -0.2) is 15.0 Å². The van der Waals surface area contributed by atoms with Crippen molar-refractivity contribution in [3.8, 4) is 67.5 Å². The lowest BCUT2D eigenvalue weighted by atomic mass is 9.70. The number of nitrogens with zero attached hydrogens (tertiary/aromatic N) is 3. The van der Waals surface area contributed by atoms with Gasteiger partial charge in [-0.3, -0.25) is 0 Å². The molecule has 2 aliphatic rings. The van der Waals surface area contributed by atoms with Crippen LogP contribution < -0.4 is 0 Å². The van der Waals surface area contributed by atoms with Crippen molar-refractivity contribution in [2.24, 2.45) is 0 Å². The van der Waals surface area contributed by atoms with Gasteiger partial charge in [-0.25, -0.2) is 15.0 Å². The van der Waals surface area contributed by atoms with Gasteiger partial charge in [-0.1, -0.05) is 164 Å². The maximum absolute atomic E-state index is 6.62. The van der Waals surface area contributed by atoms with E-state index in [1.54, 1.807) is 0 Å². The highest BCUT2D eigenvalue weighted by Crippen LogP contribution is 2.63. The third-order valence-corrected chi connectivity index (χ3v) is 13.4. The standard InChI is InChI=1S/C58H33N3O2/c1-2-14-34(15-3-1)55-59-56(42-20-12-26-51-53(42)41-19-7-11-25-49(41)62-51)61-57(60-55)43-21-13-27-52-54(43)44-32-35(29-31-50(44)63-52)36-28-30-40-39-18-6-10-24-47(39)58(48(40)33-36)45-22-8-4-16-37(45)38-17-5-9-23-46(38)58/h1-33H. The van der Waals surface area contributed by atoms with Crippen molar-refractivity contribution < 1.29 is 8.83 Å². The van der Waals surface area contributed by atoms with E-state index in [1.807, 2.05) is 72.8 Å². The quantitative estimate of drug-likeness (QED) is 0.177. The predicted molar refractivity (Wildman–Crippen MR) is 252 cm³/mol. The molecule has 0 radical (unpaired) electrons. The molecule has 3 aromatic heterocycles. The molecule has 292 valence electrons. The molecule has 0 amide bonds. The second kappa shape index (κ2) is 12.8. The Bertz CT molecular complexity index is 3810. The van der Waals surface area contributed by atoms with Crippen molar-refractivity contribution >= 4 is 43.9 Å². The summed E-state index contributed by atoms with van der Waals surface area (Å²) in [4.78, 5) is 15.6. The van der Waals surface area contributed by atoms with Crippen molar-refractivity contribution in [1.29, 1.82) is 0 Å². The van der Waals surface area contributed by atoms with E-state index in [0.29, 0.717) is 17.5 Å². The van der Waals surface area contributed by atoms with Crippen molar-refractivity contribution in [2.45, 2.75) is 5.41 Å². The zero-order valence-corrected chi connectivity index (χ0v) is 33.7. The lowest BCUT2D eigenvalue weighted by Crippen LogP contribution is -2.25. The van der Waals surface area contributed by atoms with Crippen LogP contribution in [0.1, 0.15) is 22.3 Å². The van der Waals surface area contributed by atoms with Gasteiger partial charge in [-0.2, -0.15) is 0 Å². The molecule has 1 spiro atoms. The molecule has 0 fully saturated rings. The summed E-state index contributed by atoms with van der Waals surface area (Å²) in [5.41, 5.74) is 18.1. The number of hydrogen-bond acceptors (Lipinski definition) is 5. The molecular formula is C58H33N3O2. The zero-order valence-electron chi connectivity index (χ0n) is 33.7. The number of fused-ring (bicyclic) bond motifs is 16. The van der Waals surface area contributed by atoms with Crippen LogP contribution in [0, 0.1) is 0 Å². The average Bonchev–Trinajstić information content (AvgIpc) is 4.09. The monoisotopic (exact) mass is 803 g/mol. The van der Waals surface area contributed by atoms with Gasteiger partial charge >= 0.3 is 0 Å². The summed E-state index contributed by atoms with van der Waals surface area (Å²) in [5.74, 6) is 1.73. The van der Waals surface area contributed by atoms with E-state index in [2.05, 4.69) is 127 Å². The third kappa shape index (κ3) is 4.73. The lowest BCUT2D eigenvalue weighted by Gasteiger charge is -2.30. The highest BCUT2D eigenvalue weighted by atomic mass is 16.3. The Labute approximate surface area is 361 Å². The summed E-state index contributed by atoms with van der Waals surface area (Å²) >= 11 is 0. The van der Waals surface area contributed by atoms with Gasteiger partial charge in [0, 0.05) is 38.2 Å². The fourth-order valence-electron chi connectivity index (χ4n) is 10.8. The van der Waals surface area contributed by atoms with Gasteiger partial charge in [-0.05, 0) is 92.0 Å². The molecule has 0 aliphatic heterocycles. The molecule has 12 aromatic rings. The largest absolute Gasteiger partial charge is 0.456 e. The van der Waals surface area contributed by atoms with Gasteiger partial charge < -0.3 is 8.83 Å². The maximum Gasteiger partial charge on any atom is 0.164 e. The summed E-state index contributed by atoms with van der Waals surface area (Å²) in [6.45, 7) is 0. The van der Waals surface area contributed by atoms with Crippen LogP contribution in [0.15, 0.2) is 209 Å². The van der Waals surface area contributed by atoms with E-state index in [9.17, 15) is 0 Å². The van der Waals surface area contributed by atoms with Crippen LogP contribution in [0.2, 0.25) is 0 Å². The molecule has 14 rings (SSSR count). The first-order valence-corrected chi connectivity index (χ1v) is 21.3. The Morgan fingerprint density at radius 1 is 0.286 bits per heavy atom. The van der Waals surface area contributed by atoms with Crippen LogP contribution in [0.5, 0.6) is 0 Å². The first-order chi connectivity index (χ1) is 31.2. The molecule has 5 heteroatoms. The van der Waals surface area contributed by atoms with Crippen molar-refractivity contribution in [2.75, 3.05) is 0 Å². The lowest BCUT2D eigenvalue weighted by molar-refractivity contribution is 0.668. The fourth-order valence-corrected chi connectivity index (χ4v) is 10.8. The van der Waals surface area contributed by atoms with E-state index < -0.39 is 5.41 Å². The number of furan rings is 2. The summed E-state index contributed by atoms with van der Waals surface area (Å²) in [6.07, 6.45) is 0. The highest BCUT2D eigenvalue weighted by molar-refractivity contribution is 6.14. The number of para-hydroxylation sites is 1. The second-order valence-electron chi connectivity index (χ2n) is 16.6. The minimum absolute atomic E-state index is 0.422. The second-order valence-corrected chi connectivity index (χ2v) is 16.6. The molecule has 0 saturated carbocycles. The van der Waals surface area contributed by atoms with Crippen LogP contribution in [0.25, 0.3) is 111 Å². The normalized spacial score (nSPS) is 13.2. The van der Waals surface area contributed by atoms with E-state index in [-0.39, 0.29) is 0 Å². The van der Waals surface area contributed by atoms with Crippen molar-refractivity contribution in [1.82, 2.24) is 15.0 Å². The van der Waals surface area contributed by atoms with Gasteiger partial charge in [0.15, 0.2) is 17.5 Å². The van der Waals surface area contributed by atoms with Crippen molar-refractivity contribution in [3.05, 3.63) is 222 Å². The van der Waals surface area contributed by atoms with Crippen LogP contribution in [0.4, 0.5) is 0 Å². The van der Waals surface area contributed by atoms with Gasteiger partial charge in [0.05, 0.1) is 5.41 Å². The molecule has 3 heterocycles. The summed E-state index contributed by atoms with van der Waals surface area (Å²) in [6, 6.07) is 70.9. The van der Waals surface area contributed by atoms with E-state index in [0.717, 1.165) is 71.7 Å². The molecule has 0 atom stereocenters. The minimum Gasteiger partial charge on any atom is -0.456 e. The molecule has 5 nitrogen and oxygen atoms in total. The zero-order chi connectivity index (χ0) is 41.2. The maximum atomic E-state index is 6.62. The molecule has 0 N–H and O–H groups in total. The molecule has 63 heavy (non-hydrogen) atoms. The summed E-state index contributed by atoms with van der Waals surface area (Å²) < 4.78 is 12.9. The van der Waals surface area contributed by atoms with E-state index in [1.165, 1.54) is 44.5 Å². The van der Waals surface area contributed by atoms with E-state index >= 15 is 0 Å². The first kappa shape index (κ1) is 34.3. The fraction of sp³-hybridized carbons (Fsp3) is 0.0172. The molecule has 9 aromatic carbocycles. The molecule has 0 unspecified atom stereocenters. The Kier molecular flexibility index (Phi) is 6.97. The number of aromatic nitrogens is 3. The van der Waals surface area contributed by atoms with Crippen molar-refractivity contribution in [3.63, 3.8) is 0 Å². The summed E-state index contributed by atoms with van der Waals surface area (Å²) in [7, 11) is 0.